The van der Waals surface area contributed by atoms with Crippen LogP contribution in [0.2, 0.25) is 5.02 Å². The average Bonchev–Trinajstić information content (AvgIpc) is 2.76. The number of nitro benzene ring substituents is 1. The molecule has 7 nitrogen and oxygen atoms in total. The van der Waals surface area contributed by atoms with Crippen LogP contribution < -0.4 is 5.32 Å². The van der Waals surface area contributed by atoms with Crippen molar-refractivity contribution in [3.05, 3.63) is 99.3 Å². The van der Waals surface area contributed by atoms with Gasteiger partial charge in [-0.05, 0) is 48.0 Å². The SMILES string of the molecule is O=[N+]([O-])c1ccc([C@@H](Nc2ccccn2)c2cc(Cl)c3cccnc3c2O)cc1. The average molecular weight is 407 g/mol. The van der Waals surface area contributed by atoms with Gasteiger partial charge in [0.1, 0.15) is 17.1 Å². The molecule has 0 saturated carbocycles. The van der Waals surface area contributed by atoms with Crippen LogP contribution in [0, 0.1) is 10.1 Å². The lowest BCUT2D eigenvalue weighted by Crippen LogP contribution is -2.14. The highest BCUT2D eigenvalue weighted by atomic mass is 35.5. The monoisotopic (exact) mass is 406 g/mol. The van der Waals surface area contributed by atoms with Gasteiger partial charge >= 0.3 is 0 Å². The largest absolute Gasteiger partial charge is 0.505 e. The van der Waals surface area contributed by atoms with Gasteiger partial charge in [-0.15, -0.1) is 0 Å². The highest BCUT2D eigenvalue weighted by Gasteiger charge is 2.22. The van der Waals surface area contributed by atoms with E-state index in [0.29, 0.717) is 32.9 Å². The Hall–Kier alpha value is -3.71. The maximum Gasteiger partial charge on any atom is 0.269 e. The standard InChI is InChI=1S/C21H15ClN4O3/c22-17-12-16(21(27)20-15(17)4-3-11-24-20)19(25-18-5-1-2-10-23-18)13-6-8-14(9-7-13)26(28)29/h1-12,19,27H,(H,23,25)/t19-/m1/s1. The van der Waals surface area contributed by atoms with Crippen LogP contribution in [0.15, 0.2) is 73.1 Å². The molecule has 2 heterocycles. The number of pyridine rings is 2. The second-order valence-corrected chi connectivity index (χ2v) is 6.74. The van der Waals surface area contributed by atoms with Crippen molar-refractivity contribution in [2.45, 2.75) is 6.04 Å². The topological polar surface area (TPSA) is 101 Å². The Morgan fingerprint density at radius 1 is 1.03 bits per heavy atom. The predicted molar refractivity (Wildman–Crippen MR) is 111 cm³/mol. The van der Waals surface area contributed by atoms with Crippen LogP contribution in [0.4, 0.5) is 11.5 Å². The molecule has 0 spiro atoms. The van der Waals surface area contributed by atoms with Crippen LogP contribution >= 0.6 is 11.6 Å². The summed E-state index contributed by atoms with van der Waals surface area (Å²) in [6, 6.07) is 16.1. The number of nitrogens with one attached hydrogen (secondary N) is 1. The molecule has 0 amide bonds. The number of benzene rings is 2. The normalized spacial score (nSPS) is 11.9. The molecule has 0 aliphatic carbocycles. The fraction of sp³-hybridized carbons (Fsp3) is 0.0476. The van der Waals surface area contributed by atoms with Crippen molar-refractivity contribution < 1.29 is 10.0 Å². The number of hydrogen-bond donors (Lipinski definition) is 2. The summed E-state index contributed by atoms with van der Waals surface area (Å²) in [5.41, 5.74) is 1.54. The van der Waals surface area contributed by atoms with Crippen LogP contribution in [0.5, 0.6) is 5.75 Å². The number of rotatable bonds is 5. The zero-order valence-corrected chi connectivity index (χ0v) is 15.7. The molecule has 0 unspecified atom stereocenters. The summed E-state index contributed by atoms with van der Waals surface area (Å²) in [6.07, 6.45) is 3.22. The summed E-state index contributed by atoms with van der Waals surface area (Å²) in [4.78, 5) is 19.1. The number of aromatic hydroxyl groups is 1. The fourth-order valence-corrected chi connectivity index (χ4v) is 3.42. The van der Waals surface area contributed by atoms with Gasteiger partial charge in [0.2, 0.25) is 0 Å². The Morgan fingerprint density at radius 3 is 2.48 bits per heavy atom. The molecule has 0 saturated heterocycles. The van der Waals surface area contributed by atoms with E-state index in [1.165, 1.54) is 12.1 Å². The first kappa shape index (κ1) is 18.6. The summed E-state index contributed by atoms with van der Waals surface area (Å²) in [5, 5.41) is 26.3. The molecule has 2 N–H and O–H groups in total. The highest BCUT2D eigenvalue weighted by molar-refractivity contribution is 6.35. The number of non-ortho nitro benzene ring substituents is 1. The van der Waals surface area contributed by atoms with Crippen molar-refractivity contribution in [1.82, 2.24) is 9.97 Å². The molecule has 4 aromatic rings. The maximum atomic E-state index is 11.0. The summed E-state index contributed by atoms with van der Waals surface area (Å²) in [5.74, 6) is 0.560. The maximum absolute atomic E-state index is 11.0. The number of halogens is 1. The molecule has 8 heteroatoms. The Bertz CT molecular complexity index is 1180. The Morgan fingerprint density at radius 2 is 1.79 bits per heavy atom. The molecule has 2 aromatic heterocycles. The van der Waals surface area contributed by atoms with E-state index in [-0.39, 0.29) is 11.4 Å². The van der Waals surface area contributed by atoms with Crippen molar-refractivity contribution >= 4 is 34.0 Å². The third kappa shape index (κ3) is 3.68. The van der Waals surface area contributed by atoms with Gasteiger partial charge in [-0.2, -0.15) is 0 Å². The quantitative estimate of drug-likeness (QED) is 0.353. The molecule has 0 aliphatic heterocycles. The number of aromatic nitrogens is 2. The van der Waals surface area contributed by atoms with Crippen molar-refractivity contribution in [3.8, 4) is 5.75 Å². The fourth-order valence-electron chi connectivity index (χ4n) is 3.15. The summed E-state index contributed by atoms with van der Waals surface area (Å²) < 4.78 is 0. The molecule has 0 aliphatic rings. The molecule has 0 fully saturated rings. The minimum Gasteiger partial charge on any atom is -0.505 e. The van der Waals surface area contributed by atoms with E-state index >= 15 is 0 Å². The van der Waals surface area contributed by atoms with Gasteiger partial charge in [0, 0.05) is 35.5 Å². The van der Waals surface area contributed by atoms with Crippen LogP contribution in [0.1, 0.15) is 17.2 Å². The van der Waals surface area contributed by atoms with Gasteiger partial charge in [0.25, 0.3) is 5.69 Å². The van der Waals surface area contributed by atoms with Crippen LogP contribution in [0.3, 0.4) is 0 Å². The minimum atomic E-state index is -0.561. The van der Waals surface area contributed by atoms with Gasteiger partial charge in [0.15, 0.2) is 0 Å². The first-order chi connectivity index (χ1) is 14.0. The van der Waals surface area contributed by atoms with Gasteiger partial charge < -0.3 is 10.4 Å². The molecule has 1 atom stereocenters. The van der Waals surface area contributed by atoms with E-state index in [1.807, 2.05) is 6.07 Å². The molecular formula is C21H15ClN4O3. The van der Waals surface area contributed by atoms with Gasteiger partial charge in [-0.3, -0.25) is 15.1 Å². The van der Waals surface area contributed by atoms with Crippen molar-refractivity contribution in [1.29, 1.82) is 0 Å². The molecule has 144 valence electrons. The van der Waals surface area contributed by atoms with Crippen LogP contribution in [0.25, 0.3) is 10.9 Å². The van der Waals surface area contributed by atoms with E-state index in [0.717, 1.165) is 0 Å². The number of phenolic OH excluding ortho intramolecular Hbond substituents is 1. The number of phenols is 1. The van der Waals surface area contributed by atoms with E-state index in [1.54, 1.807) is 54.9 Å². The first-order valence-electron chi connectivity index (χ1n) is 8.72. The zero-order chi connectivity index (χ0) is 20.4. The van der Waals surface area contributed by atoms with Crippen LogP contribution in [-0.4, -0.2) is 20.0 Å². The number of fused-ring (bicyclic) bond motifs is 1. The highest BCUT2D eigenvalue weighted by Crippen LogP contribution is 2.39. The van der Waals surface area contributed by atoms with Gasteiger partial charge in [-0.1, -0.05) is 17.7 Å². The molecule has 4 rings (SSSR count). The molecule has 29 heavy (non-hydrogen) atoms. The second kappa shape index (κ2) is 7.73. The number of anilines is 1. The lowest BCUT2D eigenvalue weighted by Gasteiger charge is -2.22. The van der Waals surface area contributed by atoms with Gasteiger partial charge in [0.05, 0.1) is 16.0 Å². The van der Waals surface area contributed by atoms with Crippen LogP contribution in [-0.2, 0) is 0 Å². The smallest absolute Gasteiger partial charge is 0.269 e. The first-order valence-corrected chi connectivity index (χ1v) is 9.10. The Kier molecular flexibility index (Phi) is 4.97. The minimum absolute atomic E-state index is 0.0169. The zero-order valence-electron chi connectivity index (χ0n) is 15.0. The van der Waals surface area contributed by atoms with Crippen molar-refractivity contribution in [2.24, 2.45) is 0 Å². The van der Waals surface area contributed by atoms with E-state index < -0.39 is 11.0 Å². The predicted octanol–water partition coefficient (Wildman–Crippen LogP) is 5.10. The van der Waals surface area contributed by atoms with E-state index in [2.05, 4.69) is 15.3 Å². The molecular weight excluding hydrogens is 392 g/mol. The third-order valence-corrected chi connectivity index (χ3v) is 4.86. The Balaban J connectivity index is 1.87. The molecule has 0 bridgehead atoms. The van der Waals surface area contributed by atoms with E-state index in [9.17, 15) is 15.2 Å². The number of hydrogen-bond acceptors (Lipinski definition) is 6. The molecule has 2 aromatic carbocycles. The lowest BCUT2D eigenvalue weighted by atomic mass is 9.96. The lowest BCUT2D eigenvalue weighted by molar-refractivity contribution is -0.384. The summed E-state index contributed by atoms with van der Waals surface area (Å²) in [7, 11) is 0. The molecule has 0 radical (unpaired) electrons. The van der Waals surface area contributed by atoms with Crippen molar-refractivity contribution in [3.63, 3.8) is 0 Å². The summed E-state index contributed by atoms with van der Waals surface area (Å²) >= 11 is 6.45. The number of nitro groups is 1. The van der Waals surface area contributed by atoms with Gasteiger partial charge in [-0.25, -0.2) is 4.98 Å². The van der Waals surface area contributed by atoms with E-state index in [4.69, 9.17) is 11.6 Å². The Labute approximate surface area is 170 Å². The number of nitrogens with zero attached hydrogens (tertiary/aromatic N) is 3. The van der Waals surface area contributed by atoms with Crippen molar-refractivity contribution in [2.75, 3.05) is 5.32 Å². The summed E-state index contributed by atoms with van der Waals surface area (Å²) in [6.45, 7) is 0. The second-order valence-electron chi connectivity index (χ2n) is 6.34. The third-order valence-electron chi connectivity index (χ3n) is 4.55.